The molecule has 1 heterocycles. The van der Waals surface area contributed by atoms with Gasteiger partial charge >= 0.3 is 6.03 Å². The van der Waals surface area contributed by atoms with Gasteiger partial charge in [0.2, 0.25) is 11.8 Å². The Morgan fingerprint density at radius 2 is 1.89 bits per heavy atom. The van der Waals surface area contributed by atoms with Gasteiger partial charge in [-0.15, -0.1) is 0 Å². The molecule has 1 aromatic rings. The van der Waals surface area contributed by atoms with Gasteiger partial charge < -0.3 is 31.7 Å². The number of carbonyl (C=O) groups excluding carboxylic acids is 3. The summed E-state index contributed by atoms with van der Waals surface area (Å²) >= 11 is 0. The molecule has 0 radical (unpaired) electrons. The van der Waals surface area contributed by atoms with E-state index in [1.54, 1.807) is 0 Å². The summed E-state index contributed by atoms with van der Waals surface area (Å²) in [6, 6.07) is -2.87. The number of ketones is 1. The van der Waals surface area contributed by atoms with Gasteiger partial charge in [0.1, 0.15) is 12.1 Å². The SMILES string of the molecule is CC(=O)[C@@H](NC(=O)N[C@@H](CC(N)=O)c1nc(C2(N)CCCCC2)no1)C(C)O. The van der Waals surface area contributed by atoms with Crippen LogP contribution in [0, 0.1) is 0 Å². The highest BCUT2D eigenvalue weighted by Crippen LogP contribution is 2.33. The maximum atomic E-state index is 12.2. The number of urea groups is 1. The standard InChI is InChI=1S/C17H28N6O5/c1-9(24)13(10(2)25)21-16(27)20-11(8-12(18)26)14-22-15(23-28-14)17(19)6-4-3-5-7-17/h9,11,13,24H,3-8,19H2,1-2H3,(H2,18,26)(H2,20,21,27)/t9?,11-,13-/m0/s1. The van der Waals surface area contributed by atoms with Crippen molar-refractivity contribution in [1.29, 1.82) is 0 Å². The lowest BCUT2D eigenvalue weighted by Gasteiger charge is -2.29. The molecular formula is C17H28N6O5. The third-order valence-electron chi connectivity index (χ3n) is 4.85. The first kappa shape index (κ1) is 21.8. The van der Waals surface area contributed by atoms with Gasteiger partial charge in [0.15, 0.2) is 11.6 Å². The molecule has 3 amide bonds. The van der Waals surface area contributed by atoms with Gasteiger partial charge in [-0.3, -0.25) is 9.59 Å². The van der Waals surface area contributed by atoms with E-state index >= 15 is 0 Å². The molecule has 1 aliphatic rings. The van der Waals surface area contributed by atoms with Crippen molar-refractivity contribution in [1.82, 2.24) is 20.8 Å². The molecule has 7 N–H and O–H groups in total. The predicted molar refractivity (Wildman–Crippen MR) is 97.6 cm³/mol. The molecule has 156 valence electrons. The fourth-order valence-electron chi connectivity index (χ4n) is 3.29. The summed E-state index contributed by atoms with van der Waals surface area (Å²) in [6.45, 7) is 2.62. The summed E-state index contributed by atoms with van der Waals surface area (Å²) in [5.74, 6) is -0.789. The molecule has 0 aliphatic heterocycles. The van der Waals surface area contributed by atoms with Crippen LogP contribution in [-0.2, 0) is 15.1 Å². The second-order valence-corrected chi connectivity index (χ2v) is 7.34. The lowest BCUT2D eigenvalue weighted by Crippen LogP contribution is -2.51. The number of aromatic nitrogens is 2. The highest BCUT2D eigenvalue weighted by atomic mass is 16.5. The zero-order chi connectivity index (χ0) is 20.9. The lowest BCUT2D eigenvalue weighted by atomic mass is 9.82. The molecular weight excluding hydrogens is 368 g/mol. The number of nitrogens with zero attached hydrogens (tertiary/aromatic N) is 2. The number of Topliss-reactive ketones (excluding diaryl/α,β-unsaturated/α-hetero) is 1. The summed E-state index contributed by atoms with van der Waals surface area (Å²) in [7, 11) is 0. The predicted octanol–water partition coefficient (Wildman–Crippen LogP) is -0.258. The van der Waals surface area contributed by atoms with Crippen LogP contribution in [0.5, 0.6) is 0 Å². The molecule has 11 heteroatoms. The van der Waals surface area contributed by atoms with Gasteiger partial charge in [0.25, 0.3) is 0 Å². The highest BCUT2D eigenvalue weighted by molar-refractivity contribution is 5.87. The summed E-state index contributed by atoms with van der Waals surface area (Å²) in [4.78, 5) is 39.5. The van der Waals surface area contributed by atoms with E-state index < -0.39 is 41.4 Å². The molecule has 3 atom stereocenters. The first-order chi connectivity index (χ1) is 13.1. The summed E-state index contributed by atoms with van der Waals surface area (Å²) in [5, 5.41) is 18.4. The number of hydrogen-bond acceptors (Lipinski definition) is 8. The molecule has 0 saturated heterocycles. The molecule has 2 rings (SSSR count). The number of rotatable bonds is 8. The zero-order valence-corrected chi connectivity index (χ0v) is 16.1. The Kier molecular flexibility index (Phi) is 7.08. The third-order valence-corrected chi connectivity index (χ3v) is 4.85. The van der Waals surface area contributed by atoms with Crippen LogP contribution in [0.2, 0.25) is 0 Å². The van der Waals surface area contributed by atoms with Crippen LogP contribution in [0.15, 0.2) is 4.52 Å². The molecule has 0 bridgehead atoms. The van der Waals surface area contributed by atoms with E-state index in [4.69, 9.17) is 16.0 Å². The first-order valence-corrected chi connectivity index (χ1v) is 9.29. The molecule has 1 fully saturated rings. The van der Waals surface area contributed by atoms with Crippen LogP contribution >= 0.6 is 0 Å². The van der Waals surface area contributed by atoms with Gasteiger partial charge in [0, 0.05) is 0 Å². The van der Waals surface area contributed by atoms with E-state index in [9.17, 15) is 19.5 Å². The number of aliphatic hydroxyl groups excluding tert-OH is 1. The smallest absolute Gasteiger partial charge is 0.316 e. The molecule has 1 saturated carbocycles. The van der Waals surface area contributed by atoms with E-state index in [0.717, 1.165) is 32.1 Å². The number of hydrogen-bond donors (Lipinski definition) is 5. The highest BCUT2D eigenvalue weighted by Gasteiger charge is 2.36. The Bertz CT molecular complexity index is 713. The van der Waals surface area contributed by atoms with Crippen LogP contribution in [0.3, 0.4) is 0 Å². The number of carbonyl (C=O) groups is 3. The normalized spacial score (nSPS) is 19.3. The molecule has 0 aromatic carbocycles. The summed E-state index contributed by atoms with van der Waals surface area (Å²) in [5.41, 5.74) is 10.9. The van der Waals surface area contributed by atoms with Gasteiger partial charge in [-0.05, 0) is 26.7 Å². The van der Waals surface area contributed by atoms with Crippen molar-refractivity contribution in [3.8, 4) is 0 Å². The average Bonchev–Trinajstić information content (AvgIpc) is 3.10. The molecule has 1 unspecified atom stereocenters. The topological polar surface area (TPSA) is 186 Å². The van der Waals surface area contributed by atoms with Crippen molar-refractivity contribution < 1.29 is 24.0 Å². The molecule has 11 nitrogen and oxygen atoms in total. The average molecular weight is 396 g/mol. The van der Waals surface area contributed by atoms with Crippen LogP contribution in [0.4, 0.5) is 4.79 Å². The zero-order valence-electron chi connectivity index (χ0n) is 16.1. The minimum atomic E-state index is -1.10. The van der Waals surface area contributed by atoms with Crippen LogP contribution in [-0.4, -0.2) is 45.1 Å². The Morgan fingerprint density at radius 1 is 1.25 bits per heavy atom. The largest absolute Gasteiger partial charge is 0.391 e. The van der Waals surface area contributed by atoms with Gasteiger partial charge in [-0.2, -0.15) is 4.98 Å². The van der Waals surface area contributed by atoms with Gasteiger partial charge in [-0.1, -0.05) is 24.4 Å². The van der Waals surface area contributed by atoms with Crippen molar-refractivity contribution >= 4 is 17.7 Å². The molecule has 28 heavy (non-hydrogen) atoms. The minimum absolute atomic E-state index is 0.00392. The van der Waals surface area contributed by atoms with E-state index in [-0.39, 0.29) is 12.3 Å². The van der Waals surface area contributed by atoms with Crippen LogP contribution in [0.1, 0.15) is 70.1 Å². The Morgan fingerprint density at radius 3 is 2.43 bits per heavy atom. The fourth-order valence-corrected chi connectivity index (χ4v) is 3.29. The maximum absolute atomic E-state index is 12.2. The molecule has 0 spiro atoms. The maximum Gasteiger partial charge on any atom is 0.316 e. The van der Waals surface area contributed by atoms with Gasteiger partial charge in [0.05, 0.1) is 18.1 Å². The van der Waals surface area contributed by atoms with Crippen LogP contribution < -0.4 is 22.1 Å². The number of aliphatic hydroxyl groups is 1. The van der Waals surface area contributed by atoms with Crippen molar-refractivity contribution in [3.05, 3.63) is 11.7 Å². The number of nitrogens with one attached hydrogen (secondary N) is 2. The lowest BCUT2D eigenvalue weighted by molar-refractivity contribution is -0.121. The van der Waals surface area contributed by atoms with Gasteiger partial charge in [-0.25, -0.2) is 4.79 Å². The molecule has 1 aromatic heterocycles. The molecule has 1 aliphatic carbocycles. The van der Waals surface area contributed by atoms with Crippen molar-refractivity contribution in [2.24, 2.45) is 11.5 Å². The number of primary amides is 1. The summed E-state index contributed by atoms with van der Waals surface area (Å²) < 4.78 is 5.24. The minimum Gasteiger partial charge on any atom is -0.391 e. The summed E-state index contributed by atoms with van der Waals surface area (Å²) in [6.07, 6.45) is 3.07. The van der Waals surface area contributed by atoms with E-state index in [1.807, 2.05) is 0 Å². The second kappa shape index (κ2) is 9.11. The van der Waals surface area contributed by atoms with Crippen molar-refractivity contribution in [3.63, 3.8) is 0 Å². The quantitative estimate of drug-likeness (QED) is 0.397. The Labute approximate surface area is 162 Å². The fraction of sp³-hybridized carbons (Fsp3) is 0.706. The van der Waals surface area contributed by atoms with Crippen molar-refractivity contribution in [2.75, 3.05) is 0 Å². The third kappa shape index (κ3) is 5.49. The van der Waals surface area contributed by atoms with E-state index in [0.29, 0.717) is 5.82 Å². The first-order valence-electron chi connectivity index (χ1n) is 9.29. The van der Waals surface area contributed by atoms with Crippen molar-refractivity contribution in [2.45, 2.75) is 76.1 Å². The Balaban J connectivity index is 2.14. The van der Waals surface area contributed by atoms with E-state index in [2.05, 4.69) is 20.8 Å². The van der Waals surface area contributed by atoms with E-state index in [1.165, 1.54) is 13.8 Å². The van der Waals surface area contributed by atoms with Crippen LogP contribution in [0.25, 0.3) is 0 Å². The Hall–Kier alpha value is -2.53. The number of amides is 3. The monoisotopic (exact) mass is 396 g/mol. The number of nitrogens with two attached hydrogens (primary N) is 2. The second-order valence-electron chi connectivity index (χ2n) is 7.34.